The molecule has 2 amide bonds. The average molecular weight is 447 g/mol. The second-order valence-electron chi connectivity index (χ2n) is 6.33. The third-order valence-corrected chi connectivity index (χ3v) is 4.68. The van der Waals surface area contributed by atoms with Gasteiger partial charge in [-0.3, -0.25) is 14.5 Å². The first-order chi connectivity index (χ1) is 13.3. The van der Waals surface area contributed by atoms with Crippen LogP contribution in [0.15, 0.2) is 45.8 Å². The molecule has 0 aliphatic carbocycles. The number of fused-ring (bicyclic) bond motifs is 1. The number of rotatable bonds is 6. The fourth-order valence-corrected chi connectivity index (χ4v) is 2.79. The highest BCUT2D eigenvalue weighted by Crippen LogP contribution is 2.15. The lowest BCUT2D eigenvalue weighted by Crippen LogP contribution is -2.43. The fraction of sp³-hybridized carbons (Fsp3) is 0.222. The first-order valence-electron chi connectivity index (χ1n) is 8.46. The zero-order valence-corrected chi connectivity index (χ0v) is 16.8. The lowest BCUT2D eigenvalue weighted by Gasteiger charge is -2.23. The normalized spacial score (nSPS) is 12.1. The maximum absolute atomic E-state index is 12.5. The summed E-state index contributed by atoms with van der Waals surface area (Å²) in [6, 6.07) is 7.98. The van der Waals surface area contributed by atoms with Crippen molar-refractivity contribution >= 4 is 50.3 Å². The first kappa shape index (κ1) is 19.8. The number of aromatic nitrogens is 3. The van der Waals surface area contributed by atoms with Crippen LogP contribution in [0.1, 0.15) is 6.92 Å². The van der Waals surface area contributed by atoms with Gasteiger partial charge in [0.2, 0.25) is 11.8 Å². The number of carbonyl (C=O) groups is 2. The molecule has 0 bridgehead atoms. The van der Waals surface area contributed by atoms with Crippen LogP contribution in [0.2, 0.25) is 0 Å². The number of hydrogen-bond acceptors (Lipinski definition) is 5. The molecule has 3 rings (SSSR count). The molecule has 2 heterocycles. The maximum Gasteiger partial charge on any atom is 0.323 e. The van der Waals surface area contributed by atoms with Gasteiger partial charge < -0.3 is 20.6 Å². The second kappa shape index (κ2) is 8.36. The Morgan fingerprint density at radius 1 is 1.18 bits per heavy atom. The molecule has 1 unspecified atom stereocenters. The highest BCUT2D eigenvalue weighted by molar-refractivity contribution is 9.10. The lowest BCUT2D eigenvalue weighted by molar-refractivity contribution is -0.122. The summed E-state index contributed by atoms with van der Waals surface area (Å²) in [6.07, 6.45) is 1.59. The SMILES string of the molecule is CC(C(=O)Nc1ccc2[nH]c(=O)[nH]c2c1)N(C)CC(=O)Nc1ccc(Br)cn1. The number of likely N-dealkylation sites (N-methyl/N-ethyl adjacent to an activating group) is 1. The summed E-state index contributed by atoms with van der Waals surface area (Å²) < 4.78 is 0.815. The zero-order valence-electron chi connectivity index (χ0n) is 15.2. The van der Waals surface area contributed by atoms with Gasteiger partial charge in [-0.1, -0.05) is 0 Å². The van der Waals surface area contributed by atoms with E-state index in [0.29, 0.717) is 22.5 Å². The molecule has 9 nitrogen and oxygen atoms in total. The fourth-order valence-electron chi connectivity index (χ4n) is 2.55. The van der Waals surface area contributed by atoms with E-state index in [9.17, 15) is 14.4 Å². The molecule has 0 radical (unpaired) electrons. The Balaban J connectivity index is 1.57. The molecule has 146 valence electrons. The van der Waals surface area contributed by atoms with Crippen LogP contribution in [-0.2, 0) is 9.59 Å². The highest BCUT2D eigenvalue weighted by atomic mass is 79.9. The number of carbonyl (C=O) groups excluding carboxylic acids is 2. The summed E-state index contributed by atoms with van der Waals surface area (Å²) in [4.78, 5) is 47.0. The molecule has 0 aliphatic rings. The number of H-pyrrole nitrogens is 2. The second-order valence-corrected chi connectivity index (χ2v) is 7.25. The van der Waals surface area contributed by atoms with Crippen molar-refractivity contribution in [2.75, 3.05) is 24.2 Å². The van der Waals surface area contributed by atoms with E-state index in [2.05, 4.69) is 41.5 Å². The predicted molar refractivity (Wildman–Crippen MR) is 110 cm³/mol. The summed E-state index contributed by atoms with van der Waals surface area (Å²) in [6.45, 7) is 1.73. The number of benzene rings is 1. The van der Waals surface area contributed by atoms with Crippen LogP contribution in [0, 0.1) is 0 Å². The Morgan fingerprint density at radius 2 is 1.93 bits per heavy atom. The van der Waals surface area contributed by atoms with Crippen LogP contribution < -0.4 is 16.3 Å². The maximum atomic E-state index is 12.5. The monoisotopic (exact) mass is 446 g/mol. The van der Waals surface area contributed by atoms with E-state index in [1.807, 2.05) is 0 Å². The van der Waals surface area contributed by atoms with Crippen molar-refractivity contribution in [2.24, 2.45) is 0 Å². The van der Waals surface area contributed by atoms with Gasteiger partial charge in [-0.2, -0.15) is 0 Å². The van der Waals surface area contributed by atoms with E-state index >= 15 is 0 Å². The van der Waals surface area contributed by atoms with Crippen molar-refractivity contribution in [1.82, 2.24) is 19.9 Å². The van der Waals surface area contributed by atoms with Gasteiger partial charge >= 0.3 is 5.69 Å². The van der Waals surface area contributed by atoms with Gasteiger partial charge in [0.05, 0.1) is 23.6 Å². The van der Waals surface area contributed by atoms with Crippen molar-refractivity contribution < 1.29 is 9.59 Å². The molecule has 2 aromatic heterocycles. The largest absolute Gasteiger partial charge is 0.325 e. The average Bonchev–Trinajstić information content (AvgIpc) is 3.02. The number of hydrogen-bond donors (Lipinski definition) is 4. The predicted octanol–water partition coefficient (Wildman–Crippen LogP) is 1.91. The molecular formula is C18H19BrN6O3. The molecule has 0 aliphatic heterocycles. The van der Waals surface area contributed by atoms with Gasteiger partial charge in [0.1, 0.15) is 5.82 Å². The molecule has 1 atom stereocenters. The lowest BCUT2D eigenvalue weighted by atomic mass is 10.2. The van der Waals surface area contributed by atoms with E-state index in [0.717, 1.165) is 4.47 Å². The van der Waals surface area contributed by atoms with Crippen LogP contribution in [0.5, 0.6) is 0 Å². The minimum atomic E-state index is -0.551. The Bertz CT molecular complexity index is 1060. The van der Waals surface area contributed by atoms with Gasteiger partial charge in [0.25, 0.3) is 0 Å². The van der Waals surface area contributed by atoms with Crippen molar-refractivity contribution in [3.63, 3.8) is 0 Å². The number of imidazole rings is 1. The number of anilines is 2. The summed E-state index contributed by atoms with van der Waals surface area (Å²) in [7, 11) is 1.69. The topological polar surface area (TPSA) is 123 Å². The molecule has 0 spiro atoms. The Kier molecular flexibility index (Phi) is 5.90. The third-order valence-electron chi connectivity index (χ3n) is 4.21. The minimum absolute atomic E-state index is 0.0243. The summed E-state index contributed by atoms with van der Waals surface area (Å²) in [5.74, 6) is -0.106. The van der Waals surface area contributed by atoms with Gasteiger partial charge in [0.15, 0.2) is 0 Å². The van der Waals surface area contributed by atoms with Crippen molar-refractivity contribution in [1.29, 1.82) is 0 Å². The summed E-state index contributed by atoms with van der Waals surface area (Å²) in [5, 5.41) is 5.47. The summed E-state index contributed by atoms with van der Waals surface area (Å²) >= 11 is 3.28. The number of nitrogens with one attached hydrogen (secondary N) is 4. The van der Waals surface area contributed by atoms with Gasteiger partial charge in [0, 0.05) is 16.4 Å². The highest BCUT2D eigenvalue weighted by Gasteiger charge is 2.20. The first-order valence-corrected chi connectivity index (χ1v) is 9.25. The Labute approximate surface area is 168 Å². The summed E-state index contributed by atoms with van der Waals surface area (Å²) in [5.41, 5.74) is 1.51. The van der Waals surface area contributed by atoms with Crippen LogP contribution >= 0.6 is 15.9 Å². The molecule has 0 fully saturated rings. The molecule has 1 aromatic carbocycles. The van der Waals surface area contributed by atoms with Crippen LogP contribution in [0.25, 0.3) is 11.0 Å². The van der Waals surface area contributed by atoms with E-state index in [4.69, 9.17) is 0 Å². The molecule has 28 heavy (non-hydrogen) atoms. The zero-order chi connectivity index (χ0) is 20.3. The van der Waals surface area contributed by atoms with Gasteiger partial charge in [-0.05, 0) is 60.2 Å². The Hall–Kier alpha value is -2.98. The smallest absolute Gasteiger partial charge is 0.323 e. The van der Waals surface area contributed by atoms with E-state index in [1.54, 1.807) is 55.4 Å². The molecule has 0 saturated carbocycles. The molecule has 3 aromatic rings. The van der Waals surface area contributed by atoms with Crippen LogP contribution in [-0.4, -0.2) is 51.3 Å². The standard InChI is InChI=1S/C18H19BrN6O3/c1-10(25(2)9-16(26)24-15-6-3-11(19)8-20-15)17(27)21-12-4-5-13-14(7-12)23-18(28)22-13/h3-8,10H,9H2,1-2H3,(H,21,27)(H,20,24,26)(H2,22,23,28). The van der Waals surface area contributed by atoms with Crippen molar-refractivity contribution in [3.8, 4) is 0 Å². The number of amides is 2. The van der Waals surface area contributed by atoms with E-state index in [-0.39, 0.29) is 24.0 Å². The molecule has 0 saturated heterocycles. The number of halogens is 1. The van der Waals surface area contributed by atoms with Crippen molar-refractivity contribution in [3.05, 3.63) is 51.5 Å². The third kappa shape index (κ3) is 4.84. The van der Waals surface area contributed by atoms with Gasteiger partial charge in [-0.25, -0.2) is 9.78 Å². The molecule has 10 heteroatoms. The van der Waals surface area contributed by atoms with Gasteiger partial charge in [-0.15, -0.1) is 0 Å². The number of pyridine rings is 1. The van der Waals surface area contributed by atoms with Crippen LogP contribution in [0.4, 0.5) is 11.5 Å². The van der Waals surface area contributed by atoms with Crippen molar-refractivity contribution in [2.45, 2.75) is 13.0 Å². The number of nitrogens with zero attached hydrogens (tertiary/aromatic N) is 2. The molecule has 4 N–H and O–H groups in total. The van der Waals surface area contributed by atoms with E-state index < -0.39 is 6.04 Å². The molecular weight excluding hydrogens is 428 g/mol. The quantitative estimate of drug-likeness (QED) is 0.460. The van der Waals surface area contributed by atoms with E-state index in [1.165, 1.54) is 0 Å². The Morgan fingerprint density at radius 3 is 2.64 bits per heavy atom. The number of aromatic amines is 2. The minimum Gasteiger partial charge on any atom is -0.325 e. The van der Waals surface area contributed by atoms with Crippen LogP contribution in [0.3, 0.4) is 0 Å².